The van der Waals surface area contributed by atoms with Gasteiger partial charge in [0.05, 0.1) is 13.2 Å². The number of ether oxygens (including phenoxy) is 1. The molecule has 0 unspecified atom stereocenters. The van der Waals surface area contributed by atoms with Crippen LogP contribution in [0.15, 0.2) is 18.2 Å². The molecule has 0 atom stereocenters. The van der Waals surface area contributed by atoms with Crippen molar-refractivity contribution in [1.29, 1.82) is 5.39 Å². The van der Waals surface area contributed by atoms with Crippen molar-refractivity contribution in [3.63, 3.8) is 0 Å². The monoisotopic (exact) mass is 256 g/mol. The van der Waals surface area contributed by atoms with Crippen molar-refractivity contribution in [3.8, 4) is 5.75 Å². The van der Waals surface area contributed by atoms with Gasteiger partial charge in [-0.2, -0.15) is 0 Å². The SMILES string of the molecule is COc1ccc(Cl)c([N+]#N)c1.F[B-](F)(F)F. The number of rotatable bonds is 1. The summed E-state index contributed by atoms with van der Waals surface area (Å²) in [6.07, 6.45) is 0. The van der Waals surface area contributed by atoms with Gasteiger partial charge < -0.3 is 22.0 Å². The highest BCUT2D eigenvalue weighted by Crippen LogP contribution is 2.28. The van der Waals surface area contributed by atoms with Crippen molar-refractivity contribution in [2.75, 3.05) is 7.11 Å². The third-order valence-electron chi connectivity index (χ3n) is 1.26. The molecule has 1 aromatic carbocycles. The highest BCUT2D eigenvalue weighted by Gasteiger charge is 2.20. The minimum Gasteiger partial charge on any atom is -0.496 e. The average Bonchev–Trinajstić information content (AvgIpc) is 2.16. The van der Waals surface area contributed by atoms with E-state index in [-0.39, 0.29) is 0 Å². The zero-order valence-corrected chi connectivity index (χ0v) is 8.76. The Labute approximate surface area is 93.7 Å². The van der Waals surface area contributed by atoms with E-state index in [1.165, 1.54) is 7.11 Å². The van der Waals surface area contributed by atoms with E-state index in [9.17, 15) is 17.3 Å². The molecule has 0 heterocycles. The van der Waals surface area contributed by atoms with Crippen LogP contribution < -0.4 is 4.74 Å². The van der Waals surface area contributed by atoms with Gasteiger partial charge in [-0.05, 0) is 12.1 Å². The molecule has 88 valence electrons. The molecule has 0 bridgehead atoms. The van der Waals surface area contributed by atoms with E-state index in [0.29, 0.717) is 16.5 Å². The molecule has 0 fully saturated rings. The molecule has 0 spiro atoms. The molecule has 9 heteroatoms. The van der Waals surface area contributed by atoms with Gasteiger partial charge in [0.25, 0.3) is 0 Å². The molecule has 0 N–H and O–H groups in total. The first kappa shape index (κ1) is 14.5. The Morgan fingerprint density at radius 1 is 1.31 bits per heavy atom. The summed E-state index contributed by atoms with van der Waals surface area (Å²) in [5, 5.41) is 8.82. The highest BCUT2D eigenvalue weighted by atomic mass is 35.5. The fraction of sp³-hybridized carbons (Fsp3) is 0.143. The van der Waals surface area contributed by atoms with Gasteiger partial charge in [-0.3, -0.25) is 0 Å². The Morgan fingerprint density at radius 3 is 2.19 bits per heavy atom. The number of methoxy groups -OCH3 is 1. The van der Waals surface area contributed by atoms with E-state index in [1.54, 1.807) is 18.2 Å². The molecule has 1 rings (SSSR count). The summed E-state index contributed by atoms with van der Waals surface area (Å²) in [6.45, 7) is 0. The number of halogens is 5. The molecule has 0 radical (unpaired) electrons. The molecular formula is C7H6BClF4N2O. The van der Waals surface area contributed by atoms with E-state index in [0.717, 1.165) is 0 Å². The van der Waals surface area contributed by atoms with Gasteiger partial charge in [-0.25, -0.2) is 0 Å². The molecule has 0 aliphatic heterocycles. The number of hydrogen-bond donors (Lipinski definition) is 0. The summed E-state index contributed by atoms with van der Waals surface area (Å²) in [4.78, 5) is 2.97. The Hall–Kier alpha value is -1.49. The van der Waals surface area contributed by atoms with Gasteiger partial charge in [0.2, 0.25) is 5.39 Å². The van der Waals surface area contributed by atoms with Crippen LogP contribution in [-0.2, 0) is 0 Å². The summed E-state index contributed by atoms with van der Waals surface area (Å²) in [6, 6.07) is 4.84. The van der Waals surface area contributed by atoms with Crippen molar-refractivity contribution in [2.24, 2.45) is 0 Å². The topological polar surface area (TPSA) is 37.4 Å². The van der Waals surface area contributed by atoms with Gasteiger partial charge in [-0.15, -0.1) is 0 Å². The van der Waals surface area contributed by atoms with Crippen LogP contribution in [0.5, 0.6) is 5.75 Å². The van der Waals surface area contributed by atoms with Crippen molar-refractivity contribution < 1.29 is 22.0 Å². The smallest absolute Gasteiger partial charge is 0.496 e. The third-order valence-corrected chi connectivity index (χ3v) is 1.58. The normalized spacial score (nSPS) is 9.81. The van der Waals surface area contributed by atoms with Crippen LogP contribution in [0.2, 0.25) is 5.02 Å². The van der Waals surface area contributed by atoms with Crippen LogP contribution in [0.3, 0.4) is 0 Å². The zero-order valence-electron chi connectivity index (χ0n) is 8.00. The maximum Gasteiger partial charge on any atom is 0.673 e. The third kappa shape index (κ3) is 6.89. The second-order valence-electron chi connectivity index (χ2n) is 2.41. The lowest BCUT2D eigenvalue weighted by Crippen LogP contribution is -2.02. The highest BCUT2D eigenvalue weighted by molar-refractivity contribution is 6.50. The summed E-state index contributed by atoms with van der Waals surface area (Å²) < 4.78 is 43.9. The fourth-order valence-corrected chi connectivity index (χ4v) is 0.851. The maximum atomic E-state index is 9.75. The van der Waals surface area contributed by atoms with Gasteiger partial charge in [0.15, 0.2) is 4.98 Å². The average molecular weight is 256 g/mol. The molecular weight excluding hydrogens is 250 g/mol. The van der Waals surface area contributed by atoms with Crippen molar-refractivity contribution in [3.05, 3.63) is 28.2 Å². The summed E-state index contributed by atoms with van der Waals surface area (Å²) in [7, 11) is -4.47. The van der Waals surface area contributed by atoms with Crippen LogP contribution in [-0.4, -0.2) is 14.4 Å². The molecule has 0 amide bonds. The number of benzene rings is 1. The van der Waals surface area contributed by atoms with Crippen LogP contribution >= 0.6 is 11.6 Å². The van der Waals surface area contributed by atoms with Crippen molar-refractivity contribution in [2.45, 2.75) is 0 Å². The molecule has 16 heavy (non-hydrogen) atoms. The standard InChI is InChI=1S/C7H6ClN2O.BF4/c1-11-5-2-3-6(8)7(4-5)10-9;2-1(3,4)5/h2-4H,1H3;/q+1;-1. The Bertz CT molecular complexity index is 387. The summed E-state index contributed by atoms with van der Waals surface area (Å²) >= 11 is 5.64. The Balaban J connectivity index is 0.000000385. The predicted octanol–water partition coefficient (Wildman–Crippen LogP) is 4.13. The second-order valence-corrected chi connectivity index (χ2v) is 2.82. The molecule has 1 aromatic rings. The number of diazo groups is 1. The van der Waals surface area contributed by atoms with Crippen LogP contribution in [0.25, 0.3) is 4.98 Å². The quantitative estimate of drug-likeness (QED) is 0.430. The van der Waals surface area contributed by atoms with Gasteiger partial charge >= 0.3 is 12.9 Å². The van der Waals surface area contributed by atoms with Crippen molar-refractivity contribution in [1.82, 2.24) is 0 Å². The lowest BCUT2D eigenvalue weighted by atomic mass is 10.3. The van der Waals surface area contributed by atoms with Gasteiger partial charge in [0, 0.05) is 0 Å². The van der Waals surface area contributed by atoms with Crippen LogP contribution in [0.1, 0.15) is 0 Å². The number of nitrogens with zero attached hydrogens (tertiary/aromatic N) is 2. The molecule has 0 aliphatic carbocycles. The predicted molar refractivity (Wildman–Crippen MR) is 52.9 cm³/mol. The molecule has 0 saturated heterocycles. The lowest BCUT2D eigenvalue weighted by molar-refractivity contribution is 0.368. The van der Waals surface area contributed by atoms with Gasteiger partial charge in [0.1, 0.15) is 10.8 Å². The Kier molecular flexibility index (Phi) is 5.60. The van der Waals surface area contributed by atoms with Crippen molar-refractivity contribution >= 4 is 24.5 Å². The first-order chi connectivity index (χ1) is 7.27. The molecule has 0 aromatic heterocycles. The van der Waals surface area contributed by atoms with Crippen LogP contribution in [0.4, 0.5) is 23.0 Å². The van der Waals surface area contributed by atoms with E-state index >= 15 is 0 Å². The molecule has 0 aliphatic rings. The van der Waals surface area contributed by atoms with E-state index in [2.05, 4.69) is 4.98 Å². The van der Waals surface area contributed by atoms with Crippen LogP contribution in [0, 0.1) is 5.39 Å². The summed E-state index contributed by atoms with van der Waals surface area (Å²) in [5.74, 6) is 0.613. The number of hydrogen-bond acceptors (Lipinski definition) is 2. The minimum atomic E-state index is -6.00. The largest absolute Gasteiger partial charge is 0.673 e. The van der Waals surface area contributed by atoms with E-state index < -0.39 is 7.25 Å². The first-order valence-corrected chi connectivity index (χ1v) is 4.21. The second kappa shape index (κ2) is 6.17. The Morgan fingerprint density at radius 2 is 1.81 bits per heavy atom. The maximum absolute atomic E-state index is 9.75. The fourth-order valence-electron chi connectivity index (χ4n) is 0.696. The first-order valence-electron chi connectivity index (χ1n) is 3.84. The van der Waals surface area contributed by atoms with E-state index in [4.69, 9.17) is 21.7 Å². The molecule has 3 nitrogen and oxygen atoms in total. The summed E-state index contributed by atoms with van der Waals surface area (Å²) in [5.41, 5.74) is 0.311. The lowest BCUT2D eigenvalue weighted by Gasteiger charge is -1.94. The molecule has 0 saturated carbocycles. The zero-order chi connectivity index (χ0) is 12.8. The van der Waals surface area contributed by atoms with E-state index in [1.807, 2.05) is 0 Å². The minimum absolute atomic E-state index is 0.311. The van der Waals surface area contributed by atoms with Gasteiger partial charge in [-0.1, -0.05) is 11.6 Å².